The molecule has 0 N–H and O–H groups in total. The summed E-state index contributed by atoms with van der Waals surface area (Å²) in [5.74, 6) is -0.409. The summed E-state index contributed by atoms with van der Waals surface area (Å²) in [6, 6.07) is 0. The average Bonchev–Trinajstić information content (AvgIpc) is 2.13. The van der Waals surface area contributed by atoms with Gasteiger partial charge in [0.1, 0.15) is 4.60 Å². The number of rotatable bonds is 2. The fraction of sp³-hybridized carbons (Fsp3) is 0.455. The monoisotopic (exact) mass is 305 g/mol. The van der Waals surface area contributed by atoms with E-state index in [0.29, 0.717) is 26.4 Å². The maximum absolute atomic E-state index is 11.8. The van der Waals surface area contributed by atoms with Crippen LogP contribution in [0.3, 0.4) is 0 Å². The Labute approximate surface area is 108 Å². The van der Waals surface area contributed by atoms with Crippen molar-refractivity contribution in [1.29, 1.82) is 0 Å². The Hall–Kier alpha value is -0.610. The molecule has 1 aromatic rings. The van der Waals surface area contributed by atoms with E-state index in [1.807, 2.05) is 0 Å². The van der Waals surface area contributed by atoms with Crippen molar-refractivity contribution in [2.24, 2.45) is 0 Å². The van der Waals surface area contributed by atoms with Crippen LogP contribution in [-0.4, -0.2) is 17.1 Å². The number of carbonyl (C=O) groups excluding carboxylic acids is 1. The van der Waals surface area contributed by atoms with Crippen LogP contribution in [-0.2, 0) is 4.74 Å². The Morgan fingerprint density at radius 3 is 2.50 bits per heavy atom. The number of ether oxygens (including phenoxy) is 1. The normalized spacial score (nSPS) is 10.7. The predicted molar refractivity (Wildman–Crippen MR) is 67.0 cm³/mol. The van der Waals surface area contributed by atoms with Gasteiger partial charge in [0.15, 0.2) is 0 Å². The summed E-state index contributed by atoms with van der Waals surface area (Å²) < 4.78 is 5.60. The van der Waals surface area contributed by atoms with Crippen molar-refractivity contribution in [1.82, 2.24) is 4.98 Å². The van der Waals surface area contributed by atoms with E-state index >= 15 is 0 Å². The van der Waals surface area contributed by atoms with Gasteiger partial charge in [0.05, 0.1) is 22.4 Å². The van der Waals surface area contributed by atoms with Crippen LogP contribution in [0.5, 0.6) is 0 Å². The van der Waals surface area contributed by atoms with Crippen molar-refractivity contribution >= 4 is 33.5 Å². The lowest BCUT2D eigenvalue weighted by Crippen LogP contribution is -2.14. The second kappa shape index (κ2) is 5.15. The zero-order valence-electron chi connectivity index (χ0n) is 9.60. The third-order valence-electron chi connectivity index (χ3n) is 2.04. The maximum atomic E-state index is 11.8. The minimum Gasteiger partial charge on any atom is -0.459 e. The van der Waals surface area contributed by atoms with Crippen molar-refractivity contribution in [2.45, 2.75) is 33.8 Å². The first-order chi connectivity index (χ1) is 7.34. The fourth-order valence-corrected chi connectivity index (χ4v) is 2.16. The molecule has 1 heterocycles. The van der Waals surface area contributed by atoms with E-state index in [0.717, 1.165) is 0 Å². The van der Waals surface area contributed by atoms with Gasteiger partial charge in [-0.25, -0.2) is 9.78 Å². The summed E-state index contributed by atoms with van der Waals surface area (Å²) in [6.07, 6.45) is -0.168. The van der Waals surface area contributed by atoms with Gasteiger partial charge >= 0.3 is 5.97 Å². The van der Waals surface area contributed by atoms with E-state index in [2.05, 4.69) is 20.9 Å². The minimum absolute atomic E-state index is 0.168. The lowest BCUT2D eigenvalue weighted by Gasteiger charge is -2.13. The zero-order chi connectivity index (χ0) is 12.5. The SMILES string of the molecule is Cc1nc(Br)c(C(=O)OC(C)C)c(C)c1Cl. The molecular formula is C11H13BrClNO2. The molecule has 0 saturated heterocycles. The van der Waals surface area contributed by atoms with Crippen molar-refractivity contribution < 1.29 is 9.53 Å². The molecule has 88 valence electrons. The smallest absolute Gasteiger partial charge is 0.341 e. The van der Waals surface area contributed by atoms with E-state index in [9.17, 15) is 4.79 Å². The highest BCUT2D eigenvalue weighted by Gasteiger charge is 2.20. The van der Waals surface area contributed by atoms with Gasteiger partial charge in [-0.3, -0.25) is 0 Å². The van der Waals surface area contributed by atoms with Gasteiger partial charge in [0.2, 0.25) is 0 Å². The van der Waals surface area contributed by atoms with E-state index in [-0.39, 0.29) is 6.10 Å². The van der Waals surface area contributed by atoms with Gasteiger partial charge < -0.3 is 4.74 Å². The van der Waals surface area contributed by atoms with Crippen LogP contribution in [0.1, 0.15) is 35.5 Å². The molecule has 0 amide bonds. The number of pyridine rings is 1. The molecule has 5 heteroatoms. The topological polar surface area (TPSA) is 39.2 Å². The van der Waals surface area contributed by atoms with Crippen LogP contribution >= 0.6 is 27.5 Å². The van der Waals surface area contributed by atoms with Crippen LogP contribution in [0.4, 0.5) is 0 Å². The van der Waals surface area contributed by atoms with Crippen molar-refractivity contribution in [3.63, 3.8) is 0 Å². The average molecular weight is 307 g/mol. The first kappa shape index (κ1) is 13.5. The highest BCUT2D eigenvalue weighted by molar-refractivity contribution is 9.10. The van der Waals surface area contributed by atoms with Crippen LogP contribution in [0.2, 0.25) is 5.02 Å². The fourth-order valence-electron chi connectivity index (χ4n) is 1.30. The summed E-state index contributed by atoms with van der Waals surface area (Å²) in [5.41, 5.74) is 1.77. The zero-order valence-corrected chi connectivity index (χ0v) is 11.9. The van der Waals surface area contributed by atoms with Crippen molar-refractivity contribution in [2.75, 3.05) is 0 Å². The molecule has 16 heavy (non-hydrogen) atoms. The standard InChI is InChI=1S/C11H13BrClNO2/c1-5(2)16-11(15)8-6(3)9(13)7(4)14-10(8)12/h5H,1-4H3. The second-order valence-electron chi connectivity index (χ2n) is 3.76. The van der Waals surface area contributed by atoms with Gasteiger partial charge in [0, 0.05) is 0 Å². The molecule has 0 fully saturated rings. The minimum atomic E-state index is -0.409. The van der Waals surface area contributed by atoms with Gasteiger partial charge in [-0.2, -0.15) is 0 Å². The molecule has 0 aliphatic rings. The summed E-state index contributed by atoms with van der Waals surface area (Å²) in [5, 5.41) is 0.499. The lowest BCUT2D eigenvalue weighted by atomic mass is 10.1. The number of hydrogen-bond acceptors (Lipinski definition) is 3. The van der Waals surface area contributed by atoms with Crippen LogP contribution < -0.4 is 0 Å². The highest BCUT2D eigenvalue weighted by atomic mass is 79.9. The van der Waals surface area contributed by atoms with E-state index in [4.69, 9.17) is 16.3 Å². The highest BCUT2D eigenvalue weighted by Crippen LogP contribution is 2.28. The van der Waals surface area contributed by atoms with Gasteiger partial charge in [-0.1, -0.05) is 11.6 Å². The van der Waals surface area contributed by atoms with Gasteiger partial charge in [0.25, 0.3) is 0 Å². The largest absolute Gasteiger partial charge is 0.459 e. The number of aryl methyl sites for hydroxylation is 1. The molecule has 1 rings (SSSR count). The molecule has 0 saturated carbocycles. The second-order valence-corrected chi connectivity index (χ2v) is 4.89. The van der Waals surface area contributed by atoms with Crippen molar-refractivity contribution in [3.05, 3.63) is 26.4 Å². The summed E-state index contributed by atoms with van der Waals surface area (Å²) in [4.78, 5) is 16.0. The quantitative estimate of drug-likeness (QED) is 0.618. The summed E-state index contributed by atoms with van der Waals surface area (Å²) in [6.45, 7) is 7.16. The van der Waals surface area contributed by atoms with Crippen LogP contribution in [0.25, 0.3) is 0 Å². The Bertz CT molecular complexity index is 432. The molecule has 0 aliphatic heterocycles. The molecule has 0 aromatic carbocycles. The Kier molecular flexibility index (Phi) is 4.33. The molecular weight excluding hydrogens is 293 g/mol. The maximum Gasteiger partial charge on any atom is 0.341 e. The van der Waals surface area contributed by atoms with Crippen molar-refractivity contribution in [3.8, 4) is 0 Å². The number of halogens is 2. The van der Waals surface area contributed by atoms with Crippen LogP contribution in [0.15, 0.2) is 4.60 Å². The molecule has 3 nitrogen and oxygen atoms in total. The predicted octanol–water partition coefficient (Wildman–Crippen LogP) is 3.68. The molecule has 0 spiro atoms. The number of aromatic nitrogens is 1. The van der Waals surface area contributed by atoms with E-state index in [1.165, 1.54) is 0 Å². The third-order valence-corrected chi connectivity index (χ3v) is 3.17. The molecule has 0 unspecified atom stereocenters. The third kappa shape index (κ3) is 2.74. The lowest BCUT2D eigenvalue weighted by molar-refractivity contribution is 0.0375. The summed E-state index contributed by atoms with van der Waals surface area (Å²) >= 11 is 9.30. The van der Waals surface area contributed by atoms with Gasteiger partial charge in [-0.05, 0) is 49.2 Å². The number of esters is 1. The molecule has 0 atom stereocenters. The molecule has 0 aliphatic carbocycles. The van der Waals surface area contributed by atoms with E-state index in [1.54, 1.807) is 27.7 Å². The molecule has 1 aromatic heterocycles. The first-order valence-corrected chi connectivity index (χ1v) is 6.04. The number of carbonyl (C=O) groups is 1. The molecule has 0 bridgehead atoms. The van der Waals surface area contributed by atoms with Crippen LogP contribution in [0, 0.1) is 13.8 Å². The summed E-state index contributed by atoms with van der Waals surface area (Å²) in [7, 11) is 0. The first-order valence-electron chi connectivity index (χ1n) is 4.87. The number of hydrogen-bond donors (Lipinski definition) is 0. The Morgan fingerprint density at radius 1 is 1.44 bits per heavy atom. The number of nitrogens with zero attached hydrogens (tertiary/aromatic N) is 1. The Balaban J connectivity index is 3.24. The van der Waals surface area contributed by atoms with E-state index < -0.39 is 5.97 Å². The van der Waals surface area contributed by atoms with Gasteiger partial charge in [-0.15, -0.1) is 0 Å². The Morgan fingerprint density at radius 2 is 2.00 bits per heavy atom. The molecule has 0 radical (unpaired) electrons.